The predicted molar refractivity (Wildman–Crippen MR) is 163 cm³/mol. The fraction of sp³-hybridized carbons (Fsp3) is 0.515. The summed E-state index contributed by atoms with van der Waals surface area (Å²) in [6.07, 6.45) is 5.95. The van der Waals surface area contributed by atoms with E-state index in [1.165, 1.54) is 0 Å². The predicted octanol–water partition coefficient (Wildman–Crippen LogP) is 9.81. The molecule has 1 saturated carbocycles. The van der Waals surface area contributed by atoms with Crippen LogP contribution in [0.1, 0.15) is 108 Å². The van der Waals surface area contributed by atoms with Crippen LogP contribution in [0.25, 0.3) is 0 Å². The summed E-state index contributed by atoms with van der Waals surface area (Å²) in [5.41, 5.74) is 3.95. The van der Waals surface area contributed by atoms with Gasteiger partial charge in [-0.1, -0.05) is 83.5 Å². The van der Waals surface area contributed by atoms with Gasteiger partial charge in [-0.05, 0) is 91.2 Å². The summed E-state index contributed by atoms with van der Waals surface area (Å²) in [5.74, 6) is -0.292. The minimum absolute atomic E-state index is 0.00154. The Labute approximate surface area is 244 Å². The number of aromatic carboxylic acids is 1. The van der Waals surface area contributed by atoms with Gasteiger partial charge in [-0.25, -0.2) is 4.79 Å². The third-order valence-electron chi connectivity index (χ3n) is 8.50. The highest BCUT2D eigenvalue weighted by Crippen LogP contribution is 2.52. The Morgan fingerprint density at radius 2 is 1.62 bits per heavy atom. The number of nitrogens with zero attached hydrogens (tertiary/aromatic N) is 2. The summed E-state index contributed by atoms with van der Waals surface area (Å²) in [6, 6.07) is 12.9. The van der Waals surface area contributed by atoms with Gasteiger partial charge in [-0.15, -0.1) is 0 Å². The van der Waals surface area contributed by atoms with Crippen molar-refractivity contribution >= 4 is 34.9 Å². The van der Waals surface area contributed by atoms with Crippen LogP contribution >= 0.6 is 23.2 Å². The Bertz CT molecular complexity index is 1240. The number of aliphatic imine (C=N–C) groups is 1. The van der Waals surface area contributed by atoms with Crippen molar-refractivity contribution in [3.8, 4) is 0 Å². The summed E-state index contributed by atoms with van der Waals surface area (Å²) >= 11 is 12.9. The quantitative estimate of drug-likeness (QED) is 0.377. The van der Waals surface area contributed by atoms with E-state index >= 15 is 0 Å². The van der Waals surface area contributed by atoms with Crippen LogP contribution in [0.15, 0.2) is 59.7 Å². The molecule has 1 heterocycles. The number of rotatable bonds is 6. The molecule has 1 N–H and O–H groups in total. The Hall–Kier alpha value is -2.30. The molecule has 2 aromatic carbocycles. The number of allylic oxidation sites excluding steroid dienone is 1. The first-order valence-electron chi connectivity index (χ1n) is 14.0. The van der Waals surface area contributed by atoms with E-state index in [9.17, 15) is 9.90 Å². The number of carbonyl (C=O) groups is 1. The molecule has 1 unspecified atom stereocenters. The first-order chi connectivity index (χ1) is 18.1. The van der Waals surface area contributed by atoms with Crippen molar-refractivity contribution in [1.29, 1.82) is 0 Å². The van der Waals surface area contributed by atoms with Gasteiger partial charge in [0.1, 0.15) is 5.66 Å². The van der Waals surface area contributed by atoms with Gasteiger partial charge in [0.05, 0.1) is 23.0 Å². The highest BCUT2D eigenvalue weighted by molar-refractivity contribution is 6.35. The van der Waals surface area contributed by atoms with Crippen molar-refractivity contribution in [1.82, 2.24) is 4.90 Å². The number of hydrogen-bond donors (Lipinski definition) is 1. The second-order valence-electron chi connectivity index (χ2n) is 13.6. The molecule has 6 heteroatoms. The maximum absolute atomic E-state index is 11.6. The van der Waals surface area contributed by atoms with Gasteiger partial charge in [0.15, 0.2) is 0 Å². The Kier molecular flexibility index (Phi) is 8.32. The summed E-state index contributed by atoms with van der Waals surface area (Å²) < 4.78 is 0. The average molecular weight is 570 g/mol. The molecule has 1 atom stereocenters. The molecule has 0 radical (unpaired) electrons. The van der Waals surface area contributed by atoms with Crippen LogP contribution in [0.4, 0.5) is 0 Å². The lowest BCUT2D eigenvalue weighted by Crippen LogP contribution is -2.48. The van der Waals surface area contributed by atoms with Gasteiger partial charge >= 0.3 is 5.97 Å². The molecule has 4 nitrogen and oxygen atoms in total. The zero-order valence-corrected chi connectivity index (χ0v) is 25.7. The SMILES string of the molecule is C=C1C(c2cc(Cl)cc(Cl)c2)=NC2(CCC(C(C)(C)C)CC2)N1C(CCC(C)(C)C)c1ccc(C(=O)O)cc1. The first kappa shape index (κ1) is 29.7. The Balaban J connectivity index is 1.82. The van der Waals surface area contributed by atoms with Crippen LogP contribution in [-0.4, -0.2) is 27.4 Å². The summed E-state index contributed by atoms with van der Waals surface area (Å²) in [4.78, 5) is 19.5. The largest absolute Gasteiger partial charge is 0.478 e. The normalized spacial score (nSPS) is 22.8. The highest BCUT2D eigenvalue weighted by atomic mass is 35.5. The molecule has 1 fully saturated rings. The molecule has 2 aliphatic rings. The maximum atomic E-state index is 11.6. The molecule has 4 rings (SSSR count). The van der Waals surface area contributed by atoms with Crippen molar-refractivity contribution < 1.29 is 9.90 Å². The van der Waals surface area contributed by atoms with Crippen LogP contribution < -0.4 is 0 Å². The topological polar surface area (TPSA) is 52.9 Å². The second kappa shape index (κ2) is 10.9. The van der Waals surface area contributed by atoms with Crippen LogP contribution in [0.3, 0.4) is 0 Å². The fourth-order valence-corrected chi connectivity index (χ4v) is 6.78. The maximum Gasteiger partial charge on any atom is 0.335 e. The summed E-state index contributed by atoms with van der Waals surface area (Å²) in [6.45, 7) is 18.4. The molecular formula is C33H42Cl2N2O2. The standard InChI is InChI=1S/C33H42Cl2N2O2/c1-21-29(24-18-26(34)20-27(35)19-24)36-33(16-12-25(13-17-33)32(5,6)7)37(21)28(14-15-31(2,3)4)22-8-10-23(11-9-22)30(38)39/h8-11,18-20,25,28H,1,12-17H2,2-7H3,(H,38,39). The molecule has 0 saturated heterocycles. The number of benzene rings is 2. The van der Waals surface area contributed by atoms with E-state index in [4.69, 9.17) is 28.2 Å². The molecular weight excluding hydrogens is 527 g/mol. The number of halogens is 2. The van der Waals surface area contributed by atoms with Crippen LogP contribution in [0, 0.1) is 16.7 Å². The Morgan fingerprint density at radius 3 is 2.10 bits per heavy atom. The molecule has 0 aromatic heterocycles. The van der Waals surface area contributed by atoms with Crippen LogP contribution in [0.2, 0.25) is 10.0 Å². The highest BCUT2D eigenvalue weighted by Gasteiger charge is 2.50. The van der Waals surface area contributed by atoms with E-state index in [2.05, 4.69) is 53.0 Å². The van der Waals surface area contributed by atoms with Gasteiger partial charge in [0.2, 0.25) is 0 Å². The molecule has 39 heavy (non-hydrogen) atoms. The average Bonchev–Trinajstić information content (AvgIpc) is 3.10. The monoisotopic (exact) mass is 568 g/mol. The van der Waals surface area contributed by atoms with Crippen molar-refractivity contribution in [2.45, 2.75) is 91.8 Å². The zero-order valence-electron chi connectivity index (χ0n) is 24.2. The van der Waals surface area contributed by atoms with Crippen molar-refractivity contribution in [2.75, 3.05) is 0 Å². The molecule has 1 spiro atoms. The van der Waals surface area contributed by atoms with Gasteiger partial charge in [0.25, 0.3) is 0 Å². The molecule has 1 aliphatic heterocycles. The smallest absolute Gasteiger partial charge is 0.335 e. The lowest BCUT2D eigenvalue weighted by molar-refractivity contribution is 0.0257. The third-order valence-corrected chi connectivity index (χ3v) is 8.94. The van der Waals surface area contributed by atoms with Crippen molar-refractivity contribution in [2.24, 2.45) is 21.7 Å². The fourth-order valence-electron chi connectivity index (χ4n) is 6.25. The van der Waals surface area contributed by atoms with Crippen molar-refractivity contribution in [3.05, 3.63) is 81.5 Å². The third kappa shape index (κ3) is 6.55. The Morgan fingerprint density at radius 1 is 1.05 bits per heavy atom. The van der Waals surface area contributed by atoms with E-state index in [0.717, 1.165) is 61.1 Å². The minimum atomic E-state index is -0.918. The summed E-state index contributed by atoms with van der Waals surface area (Å²) in [7, 11) is 0. The van der Waals surface area contributed by atoms with E-state index in [1.54, 1.807) is 18.2 Å². The minimum Gasteiger partial charge on any atom is -0.478 e. The lowest BCUT2D eigenvalue weighted by atomic mass is 9.69. The van der Waals surface area contributed by atoms with Gasteiger partial charge in [-0.3, -0.25) is 4.99 Å². The first-order valence-corrected chi connectivity index (χ1v) is 14.7. The molecule has 2 aromatic rings. The molecule has 1 aliphatic carbocycles. The van der Waals surface area contributed by atoms with Crippen molar-refractivity contribution in [3.63, 3.8) is 0 Å². The molecule has 0 bridgehead atoms. The van der Waals surface area contributed by atoms with E-state index in [0.29, 0.717) is 21.5 Å². The number of carboxylic acids is 1. The van der Waals surface area contributed by atoms with E-state index < -0.39 is 11.6 Å². The summed E-state index contributed by atoms with van der Waals surface area (Å²) in [5, 5.41) is 10.7. The molecule has 210 valence electrons. The van der Waals surface area contributed by atoms with Crippen LogP contribution in [0.5, 0.6) is 0 Å². The van der Waals surface area contributed by atoms with Gasteiger partial charge < -0.3 is 10.0 Å². The van der Waals surface area contributed by atoms with E-state index in [1.807, 2.05) is 24.3 Å². The van der Waals surface area contributed by atoms with Crippen LogP contribution in [-0.2, 0) is 0 Å². The number of carboxylic acid groups (broad SMARTS) is 1. The number of hydrogen-bond acceptors (Lipinski definition) is 3. The van der Waals surface area contributed by atoms with E-state index in [-0.39, 0.29) is 16.9 Å². The lowest BCUT2D eigenvalue weighted by Gasteiger charge is -2.49. The molecule has 0 amide bonds. The van der Waals surface area contributed by atoms with Gasteiger partial charge in [0, 0.05) is 15.6 Å². The second-order valence-corrected chi connectivity index (χ2v) is 14.5. The zero-order chi connectivity index (χ0) is 28.8. The van der Waals surface area contributed by atoms with Gasteiger partial charge in [-0.2, -0.15) is 0 Å².